The van der Waals surface area contributed by atoms with Gasteiger partial charge in [0.25, 0.3) is 5.91 Å². The number of anilines is 1. The predicted octanol–water partition coefficient (Wildman–Crippen LogP) is 4.25. The van der Waals surface area contributed by atoms with Crippen LogP contribution in [0.5, 0.6) is 5.75 Å². The molecule has 1 fully saturated rings. The van der Waals surface area contributed by atoms with Crippen LogP contribution in [0.25, 0.3) is 0 Å². The van der Waals surface area contributed by atoms with Crippen LogP contribution < -0.4 is 9.64 Å². The number of para-hydroxylation sites is 2. The molecule has 3 aromatic carbocycles. The fourth-order valence-corrected chi connectivity index (χ4v) is 3.91. The molecule has 1 amide bonds. The van der Waals surface area contributed by atoms with Crippen molar-refractivity contribution in [3.63, 3.8) is 0 Å². The Morgan fingerprint density at radius 3 is 2.24 bits per heavy atom. The minimum Gasteiger partial charge on any atom is -0.495 e. The van der Waals surface area contributed by atoms with E-state index in [2.05, 4.69) is 29.2 Å². The molecule has 29 heavy (non-hydrogen) atoms. The van der Waals surface area contributed by atoms with Crippen molar-refractivity contribution in [1.82, 2.24) is 4.90 Å². The van der Waals surface area contributed by atoms with E-state index >= 15 is 0 Å². The number of hydrogen-bond acceptors (Lipinski definition) is 3. The van der Waals surface area contributed by atoms with Crippen molar-refractivity contribution in [2.45, 2.75) is 6.42 Å². The highest BCUT2D eigenvalue weighted by atomic mass is 16.5. The molecule has 0 N–H and O–H groups in total. The maximum absolute atomic E-state index is 13.3. The molecule has 4 nitrogen and oxygen atoms in total. The summed E-state index contributed by atoms with van der Waals surface area (Å²) in [5.41, 5.74) is 4.19. The molecule has 3 aromatic rings. The zero-order valence-electron chi connectivity index (χ0n) is 16.8. The van der Waals surface area contributed by atoms with Gasteiger partial charge in [-0.25, -0.2) is 0 Å². The van der Waals surface area contributed by atoms with Crippen LogP contribution in [0.4, 0.5) is 5.69 Å². The van der Waals surface area contributed by atoms with Crippen molar-refractivity contribution in [3.8, 4) is 5.75 Å². The van der Waals surface area contributed by atoms with Gasteiger partial charge in [0.2, 0.25) is 0 Å². The van der Waals surface area contributed by atoms with Gasteiger partial charge in [-0.15, -0.1) is 0 Å². The van der Waals surface area contributed by atoms with Gasteiger partial charge in [0.1, 0.15) is 5.75 Å². The summed E-state index contributed by atoms with van der Waals surface area (Å²) in [6.07, 6.45) is 0.768. The number of carbonyl (C=O) groups is 1. The van der Waals surface area contributed by atoms with Gasteiger partial charge in [-0.2, -0.15) is 0 Å². The van der Waals surface area contributed by atoms with Crippen molar-refractivity contribution >= 4 is 11.6 Å². The highest BCUT2D eigenvalue weighted by Gasteiger charge is 2.25. The smallest absolute Gasteiger partial charge is 0.254 e. The van der Waals surface area contributed by atoms with E-state index in [0.717, 1.165) is 42.1 Å². The van der Waals surface area contributed by atoms with Crippen LogP contribution in [0.2, 0.25) is 0 Å². The molecular weight excluding hydrogens is 360 g/mol. The Balaban J connectivity index is 1.46. The lowest BCUT2D eigenvalue weighted by molar-refractivity contribution is 0.0745. The lowest BCUT2D eigenvalue weighted by Crippen LogP contribution is -2.49. The Morgan fingerprint density at radius 1 is 0.828 bits per heavy atom. The van der Waals surface area contributed by atoms with Gasteiger partial charge in [0, 0.05) is 31.7 Å². The number of benzene rings is 3. The largest absolute Gasteiger partial charge is 0.495 e. The third kappa shape index (κ3) is 4.27. The van der Waals surface area contributed by atoms with Crippen LogP contribution in [0, 0.1) is 0 Å². The van der Waals surface area contributed by atoms with Crippen molar-refractivity contribution in [1.29, 1.82) is 0 Å². The molecule has 0 atom stereocenters. The second-order valence-electron chi connectivity index (χ2n) is 7.27. The van der Waals surface area contributed by atoms with Gasteiger partial charge >= 0.3 is 0 Å². The first-order valence-corrected chi connectivity index (χ1v) is 10.1. The van der Waals surface area contributed by atoms with E-state index in [1.165, 1.54) is 5.56 Å². The summed E-state index contributed by atoms with van der Waals surface area (Å²) in [7, 11) is 1.70. The number of carbonyl (C=O) groups excluding carboxylic acids is 1. The zero-order chi connectivity index (χ0) is 20.1. The number of ether oxygens (including phenoxy) is 1. The maximum atomic E-state index is 13.3. The Kier molecular flexibility index (Phi) is 5.80. The van der Waals surface area contributed by atoms with Gasteiger partial charge in [-0.1, -0.05) is 60.7 Å². The number of methoxy groups -OCH3 is 1. The molecule has 0 unspecified atom stereocenters. The second-order valence-corrected chi connectivity index (χ2v) is 7.27. The quantitative estimate of drug-likeness (QED) is 0.657. The van der Waals surface area contributed by atoms with Crippen molar-refractivity contribution < 1.29 is 9.53 Å². The Labute approximate surface area is 172 Å². The van der Waals surface area contributed by atoms with Crippen LogP contribution in [0.15, 0.2) is 78.9 Å². The molecule has 1 aliphatic rings. The zero-order valence-corrected chi connectivity index (χ0v) is 16.8. The lowest BCUT2D eigenvalue weighted by atomic mass is 9.99. The van der Waals surface area contributed by atoms with E-state index < -0.39 is 0 Å². The first kappa shape index (κ1) is 19.1. The highest BCUT2D eigenvalue weighted by molar-refractivity contribution is 5.96. The minimum absolute atomic E-state index is 0.121. The normalized spacial score (nSPS) is 14.0. The van der Waals surface area contributed by atoms with E-state index in [1.54, 1.807) is 7.11 Å². The molecule has 0 spiro atoms. The second kappa shape index (κ2) is 8.82. The number of hydrogen-bond donors (Lipinski definition) is 0. The average Bonchev–Trinajstić information content (AvgIpc) is 2.80. The molecule has 0 aromatic heterocycles. The molecule has 4 heteroatoms. The van der Waals surface area contributed by atoms with E-state index in [9.17, 15) is 4.79 Å². The highest BCUT2D eigenvalue weighted by Crippen LogP contribution is 2.28. The van der Waals surface area contributed by atoms with E-state index in [1.807, 2.05) is 59.5 Å². The van der Waals surface area contributed by atoms with Gasteiger partial charge in [0.15, 0.2) is 0 Å². The molecule has 4 rings (SSSR count). The third-order valence-electron chi connectivity index (χ3n) is 5.48. The van der Waals surface area contributed by atoms with E-state index in [0.29, 0.717) is 13.1 Å². The Morgan fingerprint density at radius 2 is 1.48 bits per heavy atom. The fourth-order valence-electron chi connectivity index (χ4n) is 3.91. The molecule has 0 bridgehead atoms. The molecule has 1 aliphatic heterocycles. The fraction of sp³-hybridized carbons (Fsp3) is 0.240. The molecule has 148 valence electrons. The Hall–Kier alpha value is -3.27. The van der Waals surface area contributed by atoms with Crippen LogP contribution >= 0.6 is 0 Å². The van der Waals surface area contributed by atoms with Gasteiger partial charge in [0.05, 0.1) is 12.8 Å². The standard InChI is InChI=1S/C25H26N2O2/c1-29-24-14-8-7-13-23(24)26-15-17-27(18-16-26)25(28)22-12-6-5-11-21(22)19-20-9-3-2-4-10-20/h2-14H,15-19H2,1H3. The average molecular weight is 386 g/mol. The summed E-state index contributed by atoms with van der Waals surface area (Å²) in [6.45, 7) is 3.01. The number of nitrogens with zero attached hydrogens (tertiary/aromatic N) is 2. The minimum atomic E-state index is 0.121. The van der Waals surface area contributed by atoms with Crippen molar-refractivity contribution in [2.75, 3.05) is 38.2 Å². The number of rotatable bonds is 5. The van der Waals surface area contributed by atoms with Crippen molar-refractivity contribution in [2.24, 2.45) is 0 Å². The van der Waals surface area contributed by atoms with Gasteiger partial charge < -0.3 is 14.5 Å². The third-order valence-corrected chi connectivity index (χ3v) is 5.48. The van der Waals surface area contributed by atoms with E-state index in [-0.39, 0.29) is 5.91 Å². The summed E-state index contributed by atoms with van der Waals surface area (Å²) in [5, 5.41) is 0. The molecule has 0 saturated carbocycles. The Bertz CT molecular complexity index is 963. The topological polar surface area (TPSA) is 32.8 Å². The molecule has 0 aliphatic carbocycles. The van der Waals surface area contributed by atoms with Crippen LogP contribution in [0.3, 0.4) is 0 Å². The molecule has 1 heterocycles. The van der Waals surface area contributed by atoms with Crippen LogP contribution in [-0.4, -0.2) is 44.1 Å². The first-order valence-electron chi connectivity index (χ1n) is 10.1. The van der Waals surface area contributed by atoms with Crippen LogP contribution in [-0.2, 0) is 6.42 Å². The van der Waals surface area contributed by atoms with Crippen LogP contribution in [0.1, 0.15) is 21.5 Å². The summed E-state index contributed by atoms with van der Waals surface area (Å²) in [4.78, 5) is 17.5. The first-order chi connectivity index (χ1) is 14.3. The molecule has 0 radical (unpaired) electrons. The predicted molar refractivity (Wildman–Crippen MR) is 117 cm³/mol. The maximum Gasteiger partial charge on any atom is 0.254 e. The summed E-state index contributed by atoms with van der Waals surface area (Å²) < 4.78 is 5.49. The summed E-state index contributed by atoms with van der Waals surface area (Å²) in [6, 6.07) is 26.3. The molecule has 1 saturated heterocycles. The number of piperazine rings is 1. The van der Waals surface area contributed by atoms with Gasteiger partial charge in [-0.05, 0) is 35.7 Å². The molecular formula is C25H26N2O2. The SMILES string of the molecule is COc1ccccc1N1CCN(C(=O)c2ccccc2Cc2ccccc2)CC1. The number of amides is 1. The summed E-state index contributed by atoms with van der Waals surface area (Å²) >= 11 is 0. The van der Waals surface area contributed by atoms with Crippen molar-refractivity contribution in [3.05, 3.63) is 95.6 Å². The van der Waals surface area contributed by atoms with Gasteiger partial charge in [-0.3, -0.25) is 4.79 Å². The lowest BCUT2D eigenvalue weighted by Gasteiger charge is -2.37. The van der Waals surface area contributed by atoms with E-state index in [4.69, 9.17) is 4.74 Å². The monoisotopic (exact) mass is 386 g/mol. The summed E-state index contributed by atoms with van der Waals surface area (Å²) in [5.74, 6) is 0.997.